The highest BCUT2D eigenvalue weighted by Crippen LogP contribution is 2.30. The molecule has 2 aromatic carbocycles. The molecule has 0 radical (unpaired) electrons. The van der Waals surface area contributed by atoms with Gasteiger partial charge in [0.1, 0.15) is 11.3 Å². The first kappa shape index (κ1) is 13.6. The van der Waals surface area contributed by atoms with Crippen molar-refractivity contribution in [2.45, 2.75) is 6.92 Å². The molecular weight excluding hydrogens is 254 g/mol. The van der Waals surface area contributed by atoms with E-state index in [1.54, 1.807) is 43.3 Å². The topological polar surface area (TPSA) is 70.3 Å². The van der Waals surface area contributed by atoms with Gasteiger partial charge >= 0.3 is 5.97 Å². The van der Waals surface area contributed by atoms with Crippen LogP contribution in [-0.2, 0) is 4.74 Å². The molecule has 0 aliphatic rings. The van der Waals surface area contributed by atoms with Crippen LogP contribution in [0.15, 0.2) is 42.5 Å². The van der Waals surface area contributed by atoms with Gasteiger partial charge in [0.2, 0.25) is 0 Å². The Bertz CT molecular complexity index is 669. The van der Waals surface area contributed by atoms with Gasteiger partial charge in [-0.2, -0.15) is 5.26 Å². The SMILES string of the molecule is CCOC(=O)c1c(O)cccc1-c1ccc(C#N)cc1. The Morgan fingerprint density at radius 1 is 1.25 bits per heavy atom. The van der Waals surface area contributed by atoms with Crippen molar-refractivity contribution in [2.24, 2.45) is 0 Å². The highest BCUT2D eigenvalue weighted by molar-refractivity contribution is 6.00. The largest absolute Gasteiger partial charge is 0.507 e. The van der Waals surface area contributed by atoms with Crippen LogP contribution in [0.25, 0.3) is 11.1 Å². The van der Waals surface area contributed by atoms with Gasteiger partial charge in [-0.15, -0.1) is 0 Å². The number of carbonyl (C=O) groups is 1. The fraction of sp³-hybridized carbons (Fsp3) is 0.125. The minimum atomic E-state index is -0.565. The second-order valence-electron chi connectivity index (χ2n) is 4.11. The lowest BCUT2D eigenvalue weighted by Gasteiger charge is -2.10. The lowest BCUT2D eigenvalue weighted by atomic mass is 9.98. The first-order chi connectivity index (χ1) is 9.67. The molecule has 0 spiro atoms. The molecule has 0 atom stereocenters. The number of nitriles is 1. The Labute approximate surface area is 116 Å². The third-order valence-electron chi connectivity index (χ3n) is 2.85. The van der Waals surface area contributed by atoms with Gasteiger partial charge in [0.05, 0.1) is 18.2 Å². The number of ether oxygens (including phenoxy) is 1. The van der Waals surface area contributed by atoms with Crippen molar-refractivity contribution in [3.63, 3.8) is 0 Å². The van der Waals surface area contributed by atoms with E-state index in [2.05, 4.69) is 0 Å². The minimum absolute atomic E-state index is 0.120. The van der Waals surface area contributed by atoms with E-state index in [9.17, 15) is 9.90 Å². The van der Waals surface area contributed by atoms with Crippen LogP contribution in [0.2, 0.25) is 0 Å². The monoisotopic (exact) mass is 267 g/mol. The third-order valence-corrected chi connectivity index (χ3v) is 2.85. The molecule has 0 saturated heterocycles. The lowest BCUT2D eigenvalue weighted by Crippen LogP contribution is -2.06. The van der Waals surface area contributed by atoms with E-state index in [0.717, 1.165) is 5.56 Å². The Kier molecular flexibility index (Phi) is 4.02. The Balaban J connectivity index is 2.53. The van der Waals surface area contributed by atoms with Crippen molar-refractivity contribution < 1.29 is 14.6 Å². The van der Waals surface area contributed by atoms with E-state index in [4.69, 9.17) is 10.00 Å². The zero-order valence-electron chi connectivity index (χ0n) is 11.0. The second kappa shape index (κ2) is 5.89. The smallest absolute Gasteiger partial charge is 0.342 e. The summed E-state index contributed by atoms with van der Waals surface area (Å²) in [6.45, 7) is 1.94. The summed E-state index contributed by atoms with van der Waals surface area (Å²) >= 11 is 0. The van der Waals surface area contributed by atoms with Crippen molar-refractivity contribution in [2.75, 3.05) is 6.61 Å². The molecule has 2 aromatic rings. The van der Waals surface area contributed by atoms with Gasteiger partial charge in [0.15, 0.2) is 0 Å². The molecule has 0 aliphatic carbocycles. The number of rotatable bonds is 3. The summed E-state index contributed by atoms with van der Waals surface area (Å²) in [6, 6.07) is 13.7. The zero-order chi connectivity index (χ0) is 14.5. The minimum Gasteiger partial charge on any atom is -0.507 e. The average molecular weight is 267 g/mol. The van der Waals surface area contributed by atoms with Gasteiger partial charge in [-0.05, 0) is 36.2 Å². The summed E-state index contributed by atoms with van der Waals surface area (Å²) in [6.07, 6.45) is 0. The molecule has 20 heavy (non-hydrogen) atoms. The first-order valence-electron chi connectivity index (χ1n) is 6.17. The maximum absolute atomic E-state index is 11.9. The zero-order valence-corrected chi connectivity index (χ0v) is 11.0. The summed E-state index contributed by atoms with van der Waals surface area (Å²) in [5.41, 5.74) is 1.99. The molecule has 0 saturated carbocycles. The molecule has 0 fully saturated rings. The summed E-state index contributed by atoms with van der Waals surface area (Å²) in [5, 5.41) is 18.7. The molecule has 4 heteroatoms. The highest BCUT2D eigenvalue weighted by atomic mass is 16.5. The van der Waals surface area contributed by atoms with Gasteiger partial charge in [-0.1, -0.05) is 24.3 Å². The van der Waals surface area contributed by atoms with Crippen LogP contribution in [-0.4, -0.2) is 17.7 Å². The molecule has 0 unspecified atom stereocenters. The fourth-order valence-corrected chi connectivity index (χ4v) is 1.92. The molecule has 0 bridgehead atoms. The standard InChI is InChI=1S/C16H13NO3/c1-2-20-16(19)15-13(4-3-5-14(15)18)12-8-6-11(10-17)7-9-12/h3-9,18H,2H2,1H3. The maximum atomic E-state index is 11.9. The van der Waals surface area contributed by atoms with Crippen LogP contribution >= 0.6 is 0 Å². The van der Waals surface area contributed by atoms with Crippen LogP contribution < -0.4 is 0 Å². The van der Waals surface area contributed by atoms with Crippen molar-refractivity contribution in [3.8, 4) is 22.9 Å². The molecule has 2 rings (SSSR count). The molecule has 0 amide bonds. The number of phenolic OH excluding ortho intramolecular Hbond substituents is 1. The Hall–Kier alpha value is -2.80. The van der Waals surface area contributed by atoms with Crippen molar-refractivity contribution in [3.05, 3.63) is 53.6 Å². The van der Waals surface area contributed by atoms with E-state index in [0.29, 0.717) is 11.1 Å². The molecule has 4 nitrogen and oxygen atoms in total. The number of hydrogen-bond donors (Lipinski definition) is 1. The first-order valence-corrected chi connectivity index (χ1v) is 6.17. The number of benzene rings is 2. The number of nitrogens with zero attached hydrogens (tertiary/aromatic N) is 1. The number of esters is 1. The predicted octanol–water partition coefficient (Wildman–Crippen LogP) is 3.11. The highest BCUT2D eigenvalue weighted by Gasteiger charge is 2.18. The summed E-state index contributed by atoms with van der Waals surface area (Å²) in [5.74, 6) is -0.685. The Morgan fingerprint density at radius 3 is 2.55 bits per heavy atom. The van der Waals surface area contributed by atoms with E-state index >= 15 is 0 Å². The number of aromatic hydroxyl groups is 1. The lowest BCUT2D eigenvalue weighted by molar-refractivity contribution is 0.0524. The van der Waals surface area contributed by atoms with Gasteiger partial charge in [-0.3, -0.25) is 0 Å². The van der Waals surface area contributed by atoms with E-state index in [-0.39, 0.29) is 17.9 Å². The van der Waals surface area contributed by atoms with E-state index in [1.165, 1.54) is 6.07 Å². The van der Waals surface area contributed by atoms with Crippen LogP contribution in [0.1, 0.15) is 22.8 Å². The van der Waals surface area contributed by atoms with Crippen LogP contribution in [0.5, 0.6) is 5.75 Å². The van der Waals surface area contributed by atoms with Crippen molar-refractivity contribution in [1.82, 2.24) is 0 Å². The summed E-state index contributed by atoms with van der Waals surface area (Å²) in [7, 11) is 0. The number of carbonyl (C=O) groups excluding carboxylic acids is 1. The second-order valence-corrected chi connectivity index (χ2v) is 4.11. The Morgan fingerprint density at radius 2 is 1.95 bits per heavy atom. The third kappa shape index (κ3) is 2.62. The number of hydrogen-bond acceptors (Lipinski definition) is 4. The van der Waals surface area contributed by atoms with Crippen molar-refractivity contribution in [1.29, 1.82) is 5.26 Å². The van der Waals surface area contributed by atoms with E-state index in [1.807, 2.05) is 6.07 Å². The van der Waals surface area contributed by atoms with Crippen LogP contribution in [0, 0.1) is 11.3 Å². The van der Waals surface area contributed by atoms with Crippen molar-refractivity contribution >= 4 is 5.97 Å². The quantitative estimate of drug-likeness (QED) is 0.867. The molecular formula is C16H13NO3. The van der Waals surface area contributed by atoms with Gasteiger partial charge < -0.3 is 9.84 Å². The normalized spacial score (nSPS) is 9.80. The summed E-state index contributed by atoms with van der Waals surface area (Å²) < 4.78 is 4.96. The molecule has 0 heterocycles. The molecule has 1 N–H and O–H groups in total. The van der Waals surface area contributed by atoms with Crippen LogP contribution in [0.4, 0.5) is 0 Å². The molecule has 100 valence electrons. The average Bonchev–Trinajstić information content (AvgIpc) is 2.47. The van der Waals surface area contributed by atoms with Gasteiger partial charge in [-0.25, -0.2) is 4.79 Å². The fourth-order valence-electron chi connectivity index (χ4n) is 1.92. The van der Waals surface area contributed by atoms with E-state index < -0.39 is 5.97 Å². The van der Waals surface area contributed by atoms with Gasteiger partial charge in [0.25, 0.3) is 0 Å². The molecule has 0 aliphatic heterocycles. The maximum Gasteiger partial charge on any atom is 0.342 e. The molecule has 0 aromatic heterocycles. The number of phenols is 1. The van der Waals surface area contributed by atoms with Gasteiger partial charge in [0, 0.05) is 0 Å². The van der Waals surface area contributed by atoms with Crippen LogP contribution in [0.3, 0.4) is 0 Å². The predicted molar refractivity (Wildman–Crippen MR) is 74.2 cm³/mol. The summed E-state index contributed by atoms with van der Waals surface area (Å²) in [4.78, 5) is 11.9.